The zero-order valence-electron chi connectivity index (χ0n) is 12.1. The van der Waals surface area contributed by atoms with Crippen molar-refractivity contribution < 1.29 is 9.53 Å². The van der Waals surface area contributed by atoms with Crippen molar-refractivity contribution in [3.8, 4) is 0 Å². The van der Waals surface area contributed by atoms with E-state index in [9.17, 15) is 4.79 Å². The molecule has 3 nitrogen and oxygen atoms in total. The monoisotopic (exact) mass is 269 g/mol. The summed E-state index contributed by atoms with van der Waals surface area (Å²) in [6, 6.07) is 11.2. The number of hydrogen-bond acceptors (Lipinski definition) is 3. The maximum atomic E-state index is 12.0. The molecule has 104 valence electrons. The normalized spacial score (nSPS) is 10.3. The van der Waals surface area contributed by atoms with Crippen LogP contribution in [-0.2, 0) is 11.3 Å². The zero-order chi connectivity index (χ0) is 14.7. The van der Waals surface area contributed by atoms with Gasteiger partial charge in [-0.1, -0.05) is 18.2 Å². The third-order valence-electron chi connectivity index (χ3n) is 3.41. The predicted molar refractivity (Wildman–Crippen MR) is 80.6 cm³/mol. The third kappa shape index (κ3) is 3.18. The molecule has 0 aliphatic carbocycles. The van der Waals surface area contributed by atoms with Gasteiger partial charge in [0.05, 0.1) is 5.56 Å². The van der Waals surface area contributed by atoms with Crippen molar-refractivity contribution in [2.45, 2.75) is 27.4 Å². The summed E-state index contributed by atoms with van der Waals surface area (Å²) >= 11 is 0. The average Bonchev–Trinajstić information content (AvgIpc) is 2.40. The van der Waals surface area contributed by atoms with Crippen molar-refractivity contribution in [3.63, 3.8) is 0 Å². The average molecular weight is 269 g/mol. The molecule has 2 rings (SSSR count). The SMILES string of the molecule is Cc1ccc(COC(=O)c2ccc(N)cc2C)cc1C. The first-order chi connectivity index (χ1) is 9.47. The number of aryl methyl sites for hydroxylation is 3. The first-order valence-electron chi connectivity index (χ1n) is 6.57. The Bertz CT molecular complexity index is 647. The number of carbonyl (C=O) groups excluding carboxylic acids is 1. The number of nitrogen functional groups attached to an aromatic ring is 1. The van der Waals surface area contributed by atoms with Gasteiger partial charge in [0.25, 0.3) is 0 Å². The van der Waals surface area contributed by atoms with Crippen LogP contribution in [0.25, 0.3) is 0 Å². The summed E-state index contributed by atoms with van der Waals surface area (Å²) in [5.41, 5.74) is 11.1. The van der Waals surface area contributed by atoms with Crippen LogP contribution in [0.3, 0.4) is 0 Å². The molecule has 0 spiro atoms. The van der Waals surface area contributed by atoms with Gasteiger partial charge < -0.3 is 10.5 Å². The fourth-order valence-electron chi connectivity index (χ4n) is 2.04. The molecule has 0 saturated heterocycles. The Morgan fingerprint density at radius 3 is 2.40 bits per heavy atom. The van der Waals surface area contributed by atoms with E-state index in [0.717, 1.165) is 11.1 Å². The molecule has 0 aromatic heterocycles. The molecule has 0 radical (unpaired) electrons. The summed E-state index contributed by atoms with van der Waals surface area (Å²) < 4.78 is 5.35. The smallest absolute Gasteiger partial charge is 0.338 e. The Morgan fingerprint density at radius 1 is 1.00 bits per heavy atom. The summed E-state index contributed by atoms with van der Waals surface area (Å²) in [4.78, 5) is 12.0. The predicted octanol–water partition coefficient (Wildman–Crippen LogP) is 3.55. The number of carbonyl (C=O) groups is 1. The summed E-state index contributed by atoms with van der Waals surface area (Å²) in [7, 11) is 0. The Morgan fingerprint density at radius 2 is 1.75 bits per heavy atom. The lowest BCUT2D eigenvalue weighted by atomic mass is 10.1. The molecule has 0 saturated carbocycles. The molecule has 20 heavy (non-hydrogen) atoms. The Labute approximate surface area is 119 Å². The fourth-order valence-corrected chi connectivity index (χ4v) is 2.04. The van der Waals surface area contributed by atoms with Crippen molar-refractivity contribution in [2.75, 3.05) is 5.73 Å². The lowest BCUT2D eigenvalue weighted by Crippen LogP contribution is -2.07. The van der Waals surface area contributed by atoms with E-state index in [4.69, 9.17) is 10.5 Å². The quantitative estimate of drug-likeness (QED) is 0.684. The largest absolute Gasteiger partial charge is 0.457 e. The number of esters is 1. The molecule has 3 heteroatoms. The molecular weight excluding hydrogens is 250 g/mol. The van der Waals surface area contributed by atoms with Crippen LogP contribution in [0.1, 0.15) is 32.6 Å². The molecule has 2 N–H and O–H groups in total. The zero-order valence-corrected chi connectivity index (χ0v) is 12.1. The highest BCUT2D eigenvalue weighted by molar-refractivity contribution is 5.91. The van der Waals surface area contributed by atoms with Crippen LogP contribution in [-0.4, -0.2) is 5.97 Å². The maximum Gasteiger partial charge on any atom is 0.338 e. The van der Waals surface area contributed by atoms with Gasteiger partial charge in [0, 0.05) is 5.69 Å². The second kappa shape index (κ2) is 5.78. The van der Waals surface area contributed by atoms with Gasteiger partial charge in [0.15, 0.2) is 0 Å². The summed E-state index contributed by atoms with van der Waals surface area (Å²) in [6.45, 7) is 6.24. The number of rotatable bonds is 3. The molecule has 0 heterocycles. The Kier molecular flexibility index (Phi) is 4.08. The van der Waals surface area contributed by atoms with Crippen LogP contribution in [0.15, 0.2) is 36.4 Å². The van der Waals surface area contributed by atoms with E-state index in [1.807, 2.05) is 32.0 Å². The Balaban J connectivity index is 2.06. The summed E-state index contributed by atoms with van der Waals surface area (Å²) in [5, 5.41) is 0. The first kappa shape index (κ1) is 14.1. The molecule has 0 atom stereocenters. The van der Waals surface area contributed by atoms with Gasteiger partial charge in [-0.05, 0) is 61.2 Å². The number of benzene rings is 2. The molecule has 0 aliphatic heterocycles. The van der Waals surface area contributed by atoms with Crippen LogP contribution < -0.4 is 5.73 Å². The molecule has 2 aromatic carbocycles. The first-order valence-corrected chi connectivity index (χ1v) is 6.57. The molecule has 0 bridgehead atoms. The van der Waals surface area contributed by atoms with E-state index in [-0.39, 0.29) is 12.6 Å². The topological polar surface area (TPSA) is 52.3 Å². The van der Waals surface area contributed by atoms with Crippen molar-refractivity contribution in [1.82, 2.24) is 0 Å². The maximum absolute atomic E-state index is 12.0. The van der Waals surface area contributed by atoms with Gasteiger partial charge >= 0.3 is 5.97 Å². The van der Waals surface area contributed by atoms with E-state index in [1.54, 1.807) is 18.2 Å². The highest BCUT2D eigenvalue weighted by Crippen LogP contribution is 2.15. The van der Waals surface area contributed by atoms with Gasteiger partial charge in [-0.15, -0.1) is 0 Å². The Hall–Kier alpha value is -2.29. The van der Waals surface area contributed by atoms with Crippen LogP contribution in [0.4, 0.5) is 5.69 Å². The van der Waals surface area contributed by atoms with E-state index in [0.29, 0.717) is 11.3 Å². The van der Waals surface area contributed by atoms with E-state index >= 15 is 0 Å². The number of hydrogen-bond donors (Lipinski definition) is 1. The second-order valence-electron chi connectivity index (χ2n) is 5.07. The molecule has 0 amide bonds. The van der Waals surface area contributed by atoms with E-state index in [1.165, 1.54) is 11.1 Å². The highest BCUT2D eigenvalue weighted by Gasteiger charge is 2.10. The van der Waals surface area contributed by atoms with Crippen molar-refractivity contribution in [3.05, 3.63) is 64.2 Å². The third-order valence-corrected chi connectivity index (χ3v) is 3.41. The van der Waals surface area contributed by atoms with Crippen LogP contribution in [0.5, 0.6) is 0 Å². The minimum atomic E-state index is -0.319. The molecule has 0 aliphatic rings. The number of nitrogens with two attached hydrogens (primary N) is 1. The van der Waals surface area contributed by atoms with Crippen LogP contribution in [0.2, 0.25) is 0 Å². The lowest BCUT2D eigenvalue weighted by molar-refractivity contribution is 0.0472. The number of ether oxygens (including phenoxy) is 1. The van der Waals surface area contributed by atoms with Crippen LogP contribution in [0, 0.1) is 20.8 Å². The summed E-state index contributed by atoms with van der Waals surface area (Å²) in [6.07, 6.45) is 0. The fraction of sp³-hybridized carbons (Fsp3) is 0.235. The van der Waals surface area contributed by atoms with Gasteiger partial charge in [0.1, 0.15) is 6.61 Å². The number of anilines is 1. The second-order valence-corrected chi connectivity index (χ2v) is 5.07. The lowest BCUT2D eigenvalue weighted by Gasteiger charge is -2.09. The minimum absolute atomic E-state index is 0.282. The van der Waals surface area contributed by atoms with Crippen molar-refractivity contribution in [2.24, 2.45) is 0 Å². The van der Waals surface area contributed by atoms with Gasteiger partial charge in [-0.2, -0.15) is 0 Å². The van der Waals surface area contributed by atoms with E-state index < -0.39 is 0 Å². The minimum Gasteiger partial charge on any atom is -0.457 e. The molecule has 0 fully saturated rings. The molecule has 2 aromatic rings. The van der Waals surface area contributed by atoms with Gasteiger partial charge in [-0.3, -0.25) is 0 Å². The summed E-state index contributed by atoms with van der Waals surface area (Å²) in [5.74, 6) is -0.319. The van der Waals surface area contributed by atoms with Crippen molar-refractivity contribution in [1.29, 1.82) is 0 Å². The van der Waals surface area contributed by atoms with Gasteiger partial charge in [0.2, 0.25) is 0 Å². The highest BCUT2D eigenvalue weighted by atomic mass is 16.5. The van der Waals surface area contributed by atoms with Crippen LogP contribution >= 0.6 is 0 Å². The standard InChI is InChI=1S/C17H19NO2/c1-11-4-5-14(8-12(11)2)10-20-17(19)16-7-6-15(18)9-13(16)3/h4-9H,10,18H2,1-3H3. The molecular formula is C17H19NO2. The van der Waals surface area contributed by atoms with E-state index in [2.05, 4.69) is 6.92 Å². The van der Waals surface area contributed by atoms with Crippen molar-refractivity contribution >= 4 is 11.7 Å². The molecule has 0 unspecified atom stereocenters. The van der Waals surface area contributed by atoms with Gasteiger partial charge in [-0.25, -0.2) is 4.79 Å².